The van der Waals surface area contributed by atoms with Crippen molar-refractivity contribution in [1.29, 1.82) is 0 Å². The number of rotatable bonds is 6. The van der Waals surface area contributed by atoms with Gasteiger partial charge in [-0.25, -0.2) is 0 Å². The van der Waals surface area contributed by atoms with E-state index in [9.17, 15) is 14.7 Å². The van der Waals surface area contributed by atoms with Crippen LogP contribution in [0.3, 0.4) is 0 Å². The molecule has 6 rings (SSSR count). The molecule has 0 aromatic heterocycles. The number of carbonyl (C=O) groups is 2. The summed E-state index contributed by atoms with van der Waals surface area (Å²) in [5.41, 5.74) is 1.17. The summed E-state index contributed by atoms with van der Waals surface area (Å²) in [5, 5.41) is 11.2. The minimum atomic E-state index is -0.166. The fraction of sp³-hybridized carbons (Fsp3) is 0.704. The van der Waals surface area contributed by atoms with E-state index in [1.165, 1.54) is 5.56 Å². The van der Waals surface area contributed by atoms with Gasteiger partial charge in [-0.1, -0.05) is 42.3 Å². The van der Waals surface area contributed by atoms with Crippen LogP contribution in [0.4, 0.5) is 0 Å². The van der Waals surface area contributed by atoms with Crippen molar-refractivity contribution in [3.63, 3.8) is 0 Å². The first kappa shape index (κ1) is 23.3. The number of aliphatic hydroxyl groups is 1. The normalized spacial score (nSPS) is 39.8. The van der Waals surface area contributed by atoms with Crippen LogP contribution in [0, 0.1) is 47.3 Å². The van der Waals surface area contributed by atoms with E-state index in [0.29, 0.717) is 40.3 Å². The molecule has 1 N–H and O–H groups in total. The Bertz CT molecular complexity index is 994. The fourth-order valence-electron chi connectivity index (χ4n) is 8.04. The van der Waals surface area contributed by atoms with Gasteiger partial charge in [-0.15, -0.1) is 0 Å². The average molecular weight is 505 g/mol. The lowest BCUT2D eigenvalue weighted by molar-refractivity contribution is -0.141. The largest absolute Gasteiger partial charge is 0.396 e. The van der Waals surface area contributed by atoms with E-state index in [-0.39, 0.29) is 48.0 Å². The summed E-state index contributed by atoms with van der Waals surface area (Å²) in [4.78, 5) is 30.6. The van der Waals surface area contributed by atoms with Crippen molar-refractivity contribution < 1.29 is 14.7 Å². The predicted octanol–water partition coefficient (Wildman–Crippen LogP) is 4.30. The summed E-state index contributed by atoms with van der Waals surface area (Å²) in [6.07, 6.45) is 4.21. The van der Waals surface area contributed by atoms with Gasteiger partial charge in [-0.3, -0.25) is 14.5 Å². The lowest BCUT2D eigenvalue weighted by Crippen LogP contribution is -2.37. The molecule has 2 saturated heterocycles. The van der Waals surface area contributed by atoms with E-state index >= 15 is 0 Å². The van der Waals surface area contributed by atoms with Crippen LogP contribution in [0.5, 0.6) is 0 Å². The Hall–Kier alpha value is -1.14. The minimum Gasteiger partial charge on any atom is -0.396 e. The Balaban J connectivity index is 1.02. The highest BCUT2D eigenvalue weighted by Crippen LogP contribution is 2.61. The SMILES string of the molecule is CC1C(CO)C2CC1C1C(=O)N(C[C@H]3C[C@@H]3CN3CCC(c4cccc(Cl)c4Cl)CC3)C(=O)C21. The maximum Gasteiger partial charge on any atom is 0.233 e. The number of piperidine rings is 1. The number of hydrogen-bond donors (Lipinski definition) is 1. The van der Waals surface area contributed by atoms with Crippen LogP contribution in [0.2, 0.25) is 10.0 Å². The molecule has 2 aliphatic heterocycles. The van der Waals surface area contributed by atoms with Crippen LogP contribution < -0.4 is 0 Å². The van der Waals surface area contributed by atoms with Crippen LogP contribution in [0.15, 0.2) is 18.2 Å². The summed E-state index contributed by atoms with van der Waals surface area (Å²) in [5.74, 6) is 2.31. The number of imide groups is 1. The van der Waals surface area contributed by atoms with Gasteiger partial charge in [0.1, 0.15) is 0 Å². The highest BCUT2D eigenvalue weighted by Gasteiger charge is 2.66. The summed E-state index contributed by atoms with van der Waals surface area (Å²) in [6, 6.07) is 5.92. The van der Waals surface area contributed by atoms with E-state index in [1.807, 2.05) is 12.1 Å². The molecule has 1 aromatic carbocycles. The molecular formula is C27H34Cl2N2O3. The third-order valence-electron chi connectivity index (χ3n) is 10.1. The van der Waals surface area contributed by atoms with E-state index in [4.69, 9.17) is 23.2 Å². The third kappa shape index (κ3) is 3.65. The molecule has 0 radical (unpaired) electrons. The Morgan fingerprint density at radius 2 is 1.65 bits per heavy atom. The van der Waals surface area contributed by atoms with Gasteiger partial charge in [0.15, 0.2) is 0 Å². The summed E-state index contributed by atoms with van der Waals surface area (Å²) < 4.78 is 0. The highest BCUT2D eigenvalue weighted by molar-refractivity contribution is 6.42. The van der Waals surface area contributed by atoms with Crippen molar-refractivity contribution in [2.24, 2.45) is 47.3 Å². The highest BCUT2D eigenvalue weighted by atomic mass is 35.5. The molecule has 6 unspecified atom stereocenters. The zero-order valence-electron chi connectivity index (χ0n) is 19.7. The summed E-state index contributed by atoms with van der Waals surface area (Å²) in [7, 11) is 0. The number of hydrogen-bond acceptors (Lipinski definition) is 4. The lowest BCUT2D eigenvalue weighted by atomic mass is 9.70. The van der Waals surface area contributed by atoms with Crippen molar-refractivity contribution in [3.8, 4) is 0 Å². The third-order valence-corrected chi connectivity index (χ3v) is 10.9. The quantitative estimate of drug-likeness (QED) is 0.586. The smallest absolute Gasteiger partial charge is 0.233 e. The molecule has 5 fully saturated rings. The van der Waals surface area contributed by atoms with E-state index in [2.05, 4.69) is 17.9 Å². The van der Waals surface area contributed by atoms with Crippen molar-refractivity contribution >= 4 is 35.0 Å². The van der Waals surface area contributed by atoms with Crippen LogP contribution in [0.25, 0.3) is 0 Å². The maximum absolute atomic E-state index is 13.2. The number of amides is 2. The van der Waals surface area contributed by atoms with Crippen LogP contribution in [-0.4, -0.2) is 59.5 Å². The Kier molecular flexibility index (Phi) is 5.99. The van der Waals surface area contributed by atoms with Gasteiger partial charge < -0.3 is 10.0 Å². The van der Waals surface area contributed by atoms with Gasteiger partial charge in [0.2, 0.25) is 11.8 Å². The molecule has 5 aliphatic rings. The number of aliphatic hydroxyl groups excluding tert-OH is 1. The van der Waals surface area contributed by atoms with Crippen LogP contribution >= 0.6 is 23.2 Å². The number of likely N-dealkylation sites (tertiary alicyclic amines) is 2. The molecule has 5 nitrogen and oxygen atoms in total. The van der Waals surface area contributed by atoms with Gasteiger partial charge in [0.05, 0.1) is 21.9 Å². The molecule has 3 saturated carbocycles. The molecule has 2 heterocycles. The van der Waals surface area contributed by atoms with E-state index < -0.39 is 0 Å². The first-order valence-electron chi connectivity index (χ1n) is 13.0. The molecule has 8 atom stereocenters. The van der Waals surface area contributed by atoms with Crippen molar-refractivity contribution in [2.75, 3.05) is 32.8 Å². The zero-order valence-corrected chi connectivity index (χ0v) is 21.2. The van der Waals surface area contributed by atoms with Crippen LogP contribution in [0.1, 0.15) is 44.1 Å². The average Bonchev–Trinajstić information content (AvgIpc) is 3.20. The van der Waals surface area contributed by atoms with Crippen molar-refractivity contribution in [2.45, 2.75) is 38.5 Å². The second kappa shape index (κ2) is 8.76. The van der Waals surface area contributed by atoms with E-state index in [1.54, 1.807) is 4.90 Å². The Morgan fingerprint density at radius 3 is 2.35 bits per heavy atom. The number of fused-ring (bicyclic) bond motifs is 5. The summed E-state index contributed by atoms with van der Waals surface area (Å²) >= 11 is 12.7. The standard InChI is InChI=1S/C27H34Cl2N2O3/c1-14-19-10-20(21(14)13-32)24-23(19)26(33)31(27(24)34)12-17-9-16(17)11-30-7-5-15(6-8-30)18-3-2-4-22(28)25(18)29/h2-4,14-17,19-21,23-24,32H,5-13H2,1H3/t14?,16-,17-,19?,20?,21?,23?,24?/m1/s1. The molecule has 3 aliphatic carbocycles. The van der Waals surface area contributed by atoms with Gasteiger partial charge in [-0.2, -0.15) is 0 Å². The van der Waals surface area contributed by atoms with Gasteiger partial charge in [0, 0.05) is 19.7 Å². The number of benzene rings is 1. The number of nitrogens with zero attached hydrogens (tertiary/aromatic N) is 2. The first-order valence-corrected chi connectivity index (χ1v) is 13.8. The Labute approximate surface area is 211 Å². The first-order chi connectivity index (χ1) is 16.4. The Morgan fingerprint density at radius 1 is 0.971 bits per heavy atom. The topological polar surface area (TPSA) is 60.9 Å². The molecule has 2 amide bonds. The molecule has 184 valence electrons. The maximum atomic E-state index is 13.2. The van der Waals surface area contributed by atoms with Gasteiger partial charge in [0.25, 0.3) is 0 Å². The minimum absolute atomic E-state index is 0.0534. The lowest BCUT2D eigenvalue weighted by Gasteiger charge is -2.32. The second-order valence-electron chi connectivity index (χ2n) is 11.6. The van der Waals surface area contributed by atoms with Gasteiger partial charge >= 0.3 is 0 Å². The molecule has 0 spiro atoms. The molecular weight excluding hydrogens is 471 g/mol. The molecule has 34 heavy (non-hydrogen) atoms. The van der Waals surface area contributed by atoms with Crippen molar-refractivity contribution in [3.05, 3.63) is 33.8 Å². The van der Waals surface area contributed by atoms with Gasteiger partial charge in [-0.05, 0) is 91.8 Å². The molecule has 2 bridgehead atoms. The predicted molar refractivity (Wildman–Crippen MR) is 132 cm³/mol. The fourth-order valence-corrected chi connectivity index (χ4v) is 8.50. The van der Waals surface area contributed by atoms with Crippen molar-refractivity contribution in [1.82, 2.24) is 9.80 Å². The summed E-state index contributed by atoms with van der Waals surface area (Å²) in [6.45, 7) is 6.04. The molecule has 7 heteroatoms. The van der Waals surface area contributed by atoms with Crippen LogP contribution in [-0.2, 0) is 9.59 Å². The molecule has 1 aromatic rings. The van der Waals surface area contributed by atoms with E-state index in [0.717, 1.165) is 45.3 Å². The monoisotopic (exact) mass is 504 g/mol. The second-order valence-corrected chi connectivity index (χ2v) is 12.4. The number of carbonyl (C=O) groups excluding carboxylic acids is 2. The zero-order chi connectivity index (χ0) is 23.7. The number of halogens is 2.